The molecule has 1 heterocycles. The Kier molecular flexibility index (Phi) is 4.63. The molecule has 2 aromatic rings. The summed E-state index contributed by atoms with van der Waals surface area (Å²) < 4.78 is 11.1. The number of non-ortho nitro benzene ring substituents is 1. The highest BCUT2D eigenvalue weighted by Gasteiger charge is 2.40. The van der Waals surface area contributed by atoms with Crippen molar-refractivity contribution >= 4 is 11.7 Å². The fourth-order valence-electron chi connectivity index (χ4n) is 4.38. The molecule has 2 fully saturated rings. The first-order chi connectivity index (χ1) is 13.0. The number of aromatic nitrogens is 2. The van der Waals surface area contributed by atoms with Crippen molar-refractivity contribution in [3.8, 4) is 11.5 Å². The Hall–Kier alpha value is -2.77. The van der Waals surface area contributed by atoms with Crippen LogP contribution in [0.4, 0.5) is 5.69 Å². The third-order valence-corrected chi connectivity index (χ3v) is 5.74. The van der Waals surface area contributed by atoms with E-state index in [1.807, 2.05) is 0 Å². The number of benzene rings is 1. The van der Waals surface area contributed by atoms with Crippen LogP contribution in [0.15, 0.2) is 28.7 Å². The number of fused-ring (bicyclic) bond motifs is 2. The molecule has 4 atom stereocenters. The van der Waals surface area contributed by atoms with Crippen molar-refractivity contribution in [1.29, 1.82) is 0 Å². The largest absolute Gasteiger partial charge is 0.453 e. The van der Waals surface area contributed by atoms with Gasteiger partial charge in [0.05, 0.1) is 4.92 Å². The smallest absolute Gasteiger partial charge is 0.306 e. The van der Waals surface area contributed by atoms with Crippen LogP contribution in [0.1, 0.15) is 51.0 Å². The quantitative estimate of drug-likeness (QED) is 0.427. The lowest BCUT2D eigenvalue weighted by Crippen LogP contribution is -2.18. The van der Waals surface area contributed by atoms with Gasteiger partial charge in [-0.1, -0.05) is 6.42 Å². The van der Waals surface area contributed by atoms with E-state index in [2.05, 4.69) is 10.2 Å². The summed E-state index contributed by atoms with van der Waals surface area (Å²) in [5.41, 5.74) is 0.557. The third-order valence-electron chi connectivity index (χ3n) is 5.74. The SMILES string of the molecule is CC(OC(=O)CC1CC2CCC1C2)c1nnc(-c2ccc([N+](=O)[O-])cc2)o1. The average molecular weight is 371 g/mol. The van der Waals surface area contributed by atoms with Crippen LogP contribution in [-0.4, -0.2) is 21.1 Å². The molecule has 0 spiro atoms. The van der Waals surface area contributed by atoms with Crippen LogP contribution < -0.4 is 0 Å². The van der Waals surface area contributed by atoms with E-state index in [0.717, 1.165) is 12.3 Å². The first kappa shape index (κ1) is 17.6. The highest BCUT2D eigenvalue weighted by atomic mass is 16.6. The van der Waals surface area contributed by atoms with E-state index in [1.165, 1.54) is 31.4 Å². The second-order valence-electron chi connectivity index (χ2n) is 7.52. The van der Waals surface area contributed by atoms with Crippen LogP contribution in [0.25, 0.3) is 11.5 Å². The van der Waals surface area contributed by atoms with Gasteiger partial charge < -0.3 is 9.15 Å². The van der Waals surface area contributed by atoms with E-state index in [4.69, 9.17) is 9.15 Å². The number of esters is 1. The fourth-order valence-corrected chi connectivity index (χ4v) is 4.38. The molecule has 142 valence electrons. The topological polar surface area (TPSA) is 108 Å². The summed E-state index contributed by atoms with van der Waals surface area (Å²) in [6.07, 6.45) is 4.76. The maximum Gasteiger partial charge on any atom is 0.306 e. The molecule has 1 aromatic carbocycles. The van der Waals surface area contributed by atoms with Gasteiger partial charge in [-0.15, -0.1) is 10.2 Å². The number of hydrogen-bond donors (Lipinski definition) is 0. The molecule has 0 saturated heterocycles. The first-order valence-electron chi connectivity index (χ1n) is 9.27. The minimum absolute atomic E-state index is 0.0126. The highest BCUT2D eigenvalue weighted by Crippen LogP contribution is 2.49. The van der Waals surface area contributed by atoms with Gasteiger partial charge in [-0.05, 0) is 56.1 Å². The molecule has 0 radical (unpaired) electrons. The zero-order valence-corrected chi connectivity index (χ0v) is 15.0. The van der Waals surface area contributed by atoms with Crippen LogP contribution >= 0.6 is 0 Å². The number of nitro groups is 1. The van der Waals surface area contributed by atoms with Crippen LogP contribution in [0, 0.1) is 27.9 Å². The minimum atomic E-state index is -0.629. The van der Waals surface area contributed by atoms with Gasteiger partial charge in [0.2, 0.25) is 5.89 Å². The summed E-state index contributed by atoms with van der Waals surface area (Å²) in [7, 11) is 0. The zero-order valence-electron chi connectivity index (χ0n) is 15.0. The van der Waals surface area contributed by atoms with E-state index in [-0.39, 0.29) is 23.4 Å². The van der Waals surface area contributed by atoms with E-state index < -0.39 is 11.0 Å². The predicted octanol–water partition coefficient (Wildman–Crippen LogP) is 4.08. The second kappa shape index (κ2) is 7.09. The number of ether oxygens (including phenoxy) is 1. The molecule has 8 nitrogen and oxygen atoms in total. The minimum Gasteiger partial charge on any atom is -0.453 e. The molecule has 27 heavy (non-hydrogen) atoms. The Morgan fingerprint density at radius 1 is 1.30 bits per heavy atom. The van der Waals surface area contributed by atoms with Crippen molar-refractivity contribution in [3.63, 3.8) is 0 Å². The number of carbonyl (C=O) groups is 1. The summed E-state index contributed by atoms with van der Waals surface area (Å²) in [5, 5.41) is 18.6. The van der Waals surface area contributed by atoms with Crippen LogP contribution in [0.5, 0.6) is 0 Å². The van der Waals surface area contributed by atoms with E-state index in [1.54, 1.807) is 19.1 Å². The maximum absolute atomic E-state index is 12.3. The number of carbonyl (C=O) groups excluding carboxylic acids is 1. The average Bonchev–Trinajstić information content (AvgIpc) is 3.38. The lowest BCUT2D eigenvalue weighted by molar-refractivity contribution is -0.384. The number of hydrogen-bond acceptors (Lipinski definition) is 7. The molecule has 0 amide bonds. The van der Waals surface area contributed by atoms with Gasteiger partial charge in [0.1, 0.15) is 0 Å². The number of nitro benzene ring substituents is 1. The standard InChI is InChI=1S/C19H21N3O5/c1-11(26-17(23)10-15-9-12-2-3-14(15)8-12)18-20-21-19(27-18)13-4-6-16(7-5-13)22(24)25/h4-7,11-12,14-15H,2-3,8-10H2,1H3. The lowest BCUT2D eigenvalue weighted by atomic mass is 9.86. The Morgan fingerprint density at radius 3 is 2.70 bits per heavy atom. The fraction of sp³-hybridized carbons (Fsp3) is 0.526. The molecule has 2 saturated carbocycles. The summed E-state index contributed by atoms with van der Waals surface area (Å²) in [6.45, 7) is 1.70. The van der Waals surface area contributed by atoms with Crippen molar-refractivity contribution < 1.29 is 18.9 Å². The lowest BCUT2D eigenvalue weighted by Gasteiger charge is -2.21. The Balaban J connectivity index is 1.36. The summed E-state index contributed by atoms with van der Waals surface area (Å²) in [5.74, 6) is 2.14. The van der Waals surface area contributed by atoms with Crippen LogP contribution in [0.3, 0.4) is 0 Å². The second-order valence-corrected chi connectivity index (χ2v) is 7.52. The van der Waals surface area contributed by atoms with Gasteiger partial charge in [0, 0.05) is 24.1 Å². The van der Waals surface area contributed by atoms with Crippen molar-refractivity contribution in [2.45, 2.75) is 45.1 Å². The number of nitrogens with zero attached hydrogens (tertiary/aromatic N) is 3. The third kappa shape index (κ3) is 3.70. The Labute approximate surface area is 156 Å². The zero-order chi connectivity index (χ0) is 19.0. The van der Waals surface area contributed by atoms with Crippen LogP contribution in [-0.2, 0) is 9.53 Å². The van der Waals surface area contributed by atoms with E-state index in [9.17, 15) is 14.9 Å². The molecule has 2 aliphatic carbocycles. The molecule has 4 unspecified atom stereocenters. The van der Waals surface area contributed by atoms with Gasteiger partial charge in [0.25, 0.3) is 11.6 Å². The number of rotatable bonds is 6. The normalized spacial score (nSPS) is 24.7. The van der Waals surface area contributed by atoms with Gasteiger partial charge in [-0.25, -0.2) is 0 Å². The molecule has 2 bridgehead atoms. The monoisotopic (exact) mass is 371 g/mol. The molecule has 0 N–H and O–H groups in total. The van der Waals surface area contributed by atoms with E-state index in [0.29, 0.717) is 23.8 Å². The van der Waals surface area contributed by atoms with Crippen molar-refractivity contribution in [2.24, 2.45) is 17.8 Å². The highest BCUT2D eigenvalue weighted by molar-refractivity contribution is 5.70. The molecular weight excluding hydrogens is 350 g/mol. The Bertz CT molecular complexity index is 847. The molecular formula is C19H21N3O5. The molecule has 1 aromatic heterocycles. The van der Waals surface area contributed by atoms with Gasteiger partial charge >= 0.3 is 5.97 Å². The summed E-state index contributed by atoms with van der Waals surface area (Å²) in [6, 6.07) is 5.83. The van der Waals surface area contributed by atoms with Crippen molar-refractivity contribution in [3.05, 3.63) is 40.3 Å². The van der Waals surface area contributed by atoms with Gasteiger partial charge in [-0.2, -0.15) is 0 Å². The maximum atomic E-state index is 12.3. The summed E-state index contributed by atoms with van der Waals surface area (Å²) >= 11 is 0. The van der Waals surface area contributed by atoms with Crippen molar-refractivity contribution in [2.75, 3.05) is 0 Å². The molecule has 4 rings (SSSR count). The predicted molar refractivity (Wildman–Crippen MR) is 94.5 cm³/mol. The van der Waals surface area contributed by atoms with E-state index >= 15 is 0 Å². The van der Waals surface area contributed by atoms with Crippen LogP contribution in [0.2, 0.25) is 0 Å². The Morgan fingerprint density at radius 2 is 2.07 bits per heavy atom. The molecule has 8 heteroatoms. The molecule has 2 aliphatic rings. The van der Waals surface area contributed by atoms with Gasteiger partial charge in [-0.3, -0.25) is 14.9 Å². The molecule has 0 aliphatic heterocycles. The first-order valence-corrected chi connectivity index (χ1v) is 9.27. The van der Waals surface area contributed by atoms with Gasteiger partial charge in [0.15, 0.2) is 6.10 Å². The van der Waals surface area contributed by atoms with Crippen molar-refractivity contribution in [1.82, 2.24) is 10.2 Å². The summed E-state index contributed by atoms with van der Waals surface area (Å²) in [4.78, 5) is 22.5.